The molecule has 0 radical (unpaired) electrons. The van der Waals surface area contributed by atoms with E-state index in [1.54, 1.807) is 0 Å². The van der Waals surface area contributed by atoms with Crippen LogP contribution in [0.3, 0.4) is 0 Å². The van der Waals surface area contributed by atoms with Crippen molar-refractivity contribution < 1.29 is 5.11 Å². The summed E-state index contributed by atoms with van der Waals surface area (Å²) < 4.78 is 0. The van der Waals surface area contributed by atoms with Gasteiger partial charge in [0.15, 0.2) is 0 Å². The molecular weight excluding hydrogens is 236 g/mol. The number of nitrogens with two attached hydrogens (primary N) is 1. The van der Waals surface area contributed by atoms with E-state index in [4.69, 9.17) is 5.73 Å². The molecule has 2 unspecified atom stereocenters. The standard InChI is InChI=1S/C16H28N2O/c17-15(3-1-2-4-15)10-18-14-12-5-11-6-13(14)9-16(19,7-11)8-12/h11-14,18-19H,1-10,17H2. The molecule has 5 saturated carbocycles. The van der Waals surface area contributed by atoms with Gasteiger partial charge < -0.3 is 16.2 Å². The average molecular weight is 264 g/mol. The molecule has 108 valence electrons. The lowest BCUT2D eigenvalue weighted by Crippen LogP contribution is -2.62. The summed E-state index contributed by atoms with van der Waals surface area (Å²) in [6.07, 6.45) is 10.8. The van der Waals surface area contributed by atoms with Crippen molar-refractivity contribution in [3.63, 3.8) is 0 Å². The lowest BCUT2D eigenvalue weighted by molar-refractivity contribution is -0.139. The van der Waals surface area contributed by atoms with Gasteiger partial charge in [0, 0.05) is 18.1 Å². The van der Waals surface area contributed by atoms with E-state index in [0.717, 1.165) is 31.7 Å². The van der Waals surface area contributed by atoms with E-state index >= 15 is 0 Å². The molecule has 5 fully saturated rings. The summed E-state index contributed by atoms with van der Waals surface area (Å²) in [5, 5.41) is 14.4. The van der Waals surface area contributed by atoms with Gasteiger partial charge in [0.25, 0.3) is 0 Å². The number of hydrogen-bond donors (Lipinski definition) is 3. The first kappa shape index (κ1) is 12.6. The molecule has 3 nitrogen and oxygen atoms in total. The summed E-state index contributed by atoms with van der Waals surface area (Å²) in [4.78, 5) is 0. The van der Waals surface area contributed by atoms with Gasteiger partial charge in [0.05, 0.1) is 5.60 Å². The minimum Gasteiger partial charge on any atom is -0.390 e. The van der Waals surface area contributed by atoms with Gasteiger partial charge in [-0.25, -0.2) is 0 Å². The molecule has 5 aliphatic carbocycles. The van der Waals surface area contributed by atoms with E-state index in [2.05, 4.69) is 5.32 Å². The molecule has 0 aromatic rings. The zero-order valence-corrected chi connectivity index (χ0v) is 11.9. The minimum absolute atomic E-state index is 0.0611. The van der Waals surface area contributed by atoms with E-state index in [-0.39, 0.29) is 11.1 Å². The normalized spacial score (nSPS) is 50.8. The molecule has 0 spiro atoms. The third-order valence-corrected chi connectivity index (χ3v) is 6.53. The summed E-state index contributed by atoms with van der Waals surface area (Å²) in [7, 11) is 0. The third-order valence-electron chi connectivity index (χ3n) is 6.53. The van der Waals surface area contributed by atoms with Crippen LogP contribution < -0.4 is 11.1 Å². The molecule has 5 aliphatic rings. The van der Waals surface area contributed by atoms with Gasteiger partial charge in [-0.05, 0) is 62.7 Å². The van der Waals surface area contributed by atoms with Crippen LogP contribution in [0.2, 0.25) is 0 Å². The fraction of sp³-hybridized carbons (Fsp3) is 1.00. The van der Waals surface area contributed by atoms with Crippen molar-refractivity contribution in [3.8, 4) is 0 Å². The summed E-state index contributed by atoms with van der Waals surface area (Å²) >= 11 is 0. The summed E-state index contributed by atoms with van der Waals surface area (Å²) in [5.74, 6) is 2.22. The average Bonchev–Trinajstić information content (AvgIpc) is 2.73. The quantitative estimate of drug-likeness (QED) is 0.728. The third kappa shape index (κ3) is 2.14. The molecule has 5 rings (SSSR count). The molecule has 0 aromatic carbocycles. The van der Waals surface area contributed by atoms with Crippen molar-refractivity contribution in [2.45, 2.75) is 75.0 Å². The monoisotopic (exact) mass is 264 g/mol. The second-order valence-corrected chi connectivity index (χ2v) is 8.17. The van der Waals surface area contributed by atoms with Crippen LogP contribution in [0, 0.1) is 17.8 Å². The molecule has 3 heteroatoms. The van der Waals surface area contributed by atoms with Gasteiger partial charge in [-0.2, -0.15) is 0 Å². The first-order chi connectivity index (χ1) is 9.05. The van der Waals surface area contributed by atoms with Crippen LogP contribution in [0.25, 0.3) is 0 Å². The molecule has 4 bridgehead atoms. The van der Waals surface area contributed by atoms with Crippen molar-refractivity contribution in [1.82, 2.24) is 5.32 Å². The van der Waals surface area contributed by atoms with Crippen LogP contribution in [-0.4, -0.2) is 28.8 Å². The Kier molecular flexibility index (Phi) is 2.78. The predicted octanol–water partition coefficient (Wildman–Crippen LogP) is 1.79. The molecule has 4 N–H and O–H groups in total. The number of nitrogens with one attached hydrogen (secondary N) is 1. The van der Waals surface area contributed by atoms with Crippen molar-refractivity contribution in [2.24, 2.45) is 23.5 Å². The fourth-order valence-corrected chi connectivity index (χ4v) is 5.89. The van der Waals surface area contributed by atoms with Gasteiger partial charge in [-0.3, -0.25) is 0 Å². The molecule has 0 amide bonds. The molecule has 0 aromatic heterocycles. The van der Waals surface area contributed by atoms with Crippen LogP contribution in [0.4, 0.5) is 0 Å². The molecule has 0 saturated heterocycles. The summed E-state index contributed by atoms with van der Waals surface area (Å²) in [6.45, 7) is 0.994. The lowest BCUT2D eigenvalue weighted by atomic mass is 9.52. The maximum atomic E-state index is 10.6. The van der Waals surface area contributed by atoms with Crippen molar-refractivity contribution >= 4 is 0 Å². The highest BCUT2D eigenvalue weighted by molar-refractivity contribution is 5.08. The zero-order valence-electron chi connectivity index (χ0n) is 11.9. The number of aliphatic hydroxyl groups is 1. The van der Waals surface area contributed by atoms with E-state index in [1.807, 2.05) is 0 Å². The Hall–Kier alpha value is -0.120. The number of hydrogen-bond acceptors (Lipinski definition) is 3. The van der Waals surface area contributed by atoms with Crippen LogP contribution in [0.1, 0.15) is 57.8 Å². The zero-order chi connectivity index (χ0) is 13.1. The SMILES string of the molecule is NC1(CNC2C3CC4CC2CC(O)(C4)C3)CCCC1. The highest BCUT2D eigenvalue weighted by atomic mass is 16.3. The highest BCUT2D eigenvalue weighted by Crippen LogP contribution is 2.55. The van der Waals surface area contributed by atoms with Crippen molar-refractivity contribution in [3.05, 3.63) is 0 Å². The molecule has 19 heavy (non-hydrogen) atoms. The van der Waals surface area contributed by atoms with Gasteiger partial charge in [-0.15, -0.1) is 0 Å². The van der Waals surface area contributed by atoms with Crippen molar-refractivity contribution in [1.29, 1.82) is 0 Å². The van der Waals surface area contributed by atoms with Crippen molar-refractivity contribution in [2.75, 3.05) is 6.54 Å². The van der Waals surface area contributed by atoms with Gasteiger partial charge >= 0.3 is 0 Å². The Bertz CT molecular complexity index is 348. The predicted molar refractivity (Wildman–Crippen MR) is 75.7 cm³/mol. The molecule has 0 aliphatic heterocycles. The van der Waals surface area contributed by atoms with Crippen LogP contribution in [0.15, 0.2) is 0 Å². The lowest BCUT2D eigenvalue weighted by Gasteiger charge is -2.58. The highest BCUT2D eigenvalue weighted by Gasteiger charge is 2.54. The van der Waals surface area contributed by atoms with Crippen LogP contribution >= 0.6 is 0 Å². The topological polar surface area (TPSA) is 58.3 Å². The fourth-order valence-electron chi connectivity index (χ4n) is 5.89. The van der Waals surface area contributed by atoms with Gasteiger partial charge in [0.1, 0.15) is 0 Å². The maximum Gasteiger partial charge on any atom is 0.0657 e. The Balaban J connectivity index is 1.42. The Morgan fingerprint density at radius 2 is 1.68 bits per heavy atom. The smallest absolute Gasteiger partial charge is 0.0657 e. The Morgan fingerprint density at radius 1 is 1.05 bits per heavy atom. The van der Waals surface area contributed by atoms with E-state index < -0.39 is 0 Å². The van der Waals surface area contributed by atoms with E-state index in [9.17, 15) is 5.11 Å². The van der Waals surface area contributed by atoms with Gasteiger partial charge in [-0.1, -0.05) is 12.8 Å². The largest absolute Gasteiger partial charge is 0.390 e. The van der Waals surface area contributed by atoms with Crippen LogP contribution in [-0.2, 0) is 0 Å². The number of rotatable bonds is 3. The summed E-state index contributed by atoms with van der Waals surface area (Å²) in [5.41, 5.74) is 6.23. The molecular formula is C16H28N2O. The van der Waals surface area contributed by atoms with Crippen LogP contribution in [0.5, 0.6) is 0 Å². The van der Waals surface area contributed by atoms with E-state index in [0.29, 0.717) is 17.9 Å². The second kappa shape index (κ2) is 4.19. The Morgan fingerprint density at radius 3 is 2.26 bits per heavy atom. The summed E-state index contributed by atoms with van der Waals surface area (Å²) in [6, 6.07) is 0.637. The van der Waals surface area contributed by atoms with Gasteiger partial charge in [0.2, 0.25) is 0 Å². The minimum atomic E-state index is -0.303. The molecule has 0 heterocycles. The Labute approximate surface area is 116 Å². The first-order valence-electron chi connectivity index (χ1n) is 8.30. The maximum absolute atomic E-state index is 10.6. The first-order valence-corrected chi connectivity index (χ1v) is 8.30. The van der Waals surface area contributed by atoms with E-state index in [1.165, 1.54) is 38.5 Å². The second-order valence-electron chi connectivity index (χ2n) is 8.17. The molecule has 2 atom stereocenters.